The van der Waals surface area contributed by atoms with E-state index in [1.165, 1.54) is 11.3 Å². The number of aryl methyl sites for hydroxylation is 1. The Kier molecular flexibility index (Phi) is 5.20. The minimum atomic E-state index is -2.95. The van der Waals surface area contributed by atoms with E-state index in [-0.39, 0.29) is 11.3 Å². The second-order valence-corrected chi connectivity index (χ2v) is 8.97. The van der Waals surface area contributed by atoms with Crippen molar-refractivity contribution in [2.75, 3.05) is 13.3 Å². The number of hydrogen-bond acceptors (Lipinski definition) is 5. The second kappa shape index (κ2) is 6.54. The van der Waals surface area contributed by atoms with Crippen LogP contribution in [0.1, 0.15) is 43.3 Å². The van der Waals surface area contributed by atoms with Crippen molar-refractivity contribution in [3.05, 3.63) is 16.1 Å². The summed E-state index contributed by atoms with van der Waals surface area (Å²) < 4.78 is 23.7. The van der Waals surface area contributed by atoms with Gasteiger partial charge >= 0.3 is 0 Å². The molecule has 0 radical (unpaired) electrons. The molecule has 1 fully saturated rings. The van der Waals surface area contributed by atoms with Crippen LogP contribution in [0.3, 0.4) is 0 Å². The first-order valence-electron chi connectivity index (χ1n) is 7.24. The zero-order chi connectivity index (χ0) is 14.8. The maximum absolute atomic E-state index is 11.8. The summed E-state index contributed by atoms with van der Waals surface area (Å²) in [6, 6.07) is 0.140. The van der Waals surface area contributed by atoms with Crippen LogP contribution in [-0.2, 0) is 22.8 Å². The SMILES string of the molecule is CCCc1nc(CN(C)[C@@H]2CCC[C@H]2S(C)(=O)=O)cs1. The molecule has 0 aliphatic heterocycles. The fraction of sp³-hybridized carbons (Fsp3) is 0.786. The molecule has 114 valence electrons. The van der Waals surface area contributed by atoms with Crippen molar-refractivity contribution < 1.29 is 8.42 Å². The van der Waals surface area contributed by atoms with Crippen molar-refractivity contribution in [3.63, 3.8) is 0 Å². The third kappa shape index (κ3) is 3.80. The monoisotopic (exact) mass is 316 g/mol. The zero-order valence-electron chi connectivity index (χ0n) is 12.5. The summed E-state index contributed by atoms with van der Waals surface area (Å²) in [5.74, 6) is 0. The molecule has 1 aliphatic rings. The van der Waals surface area contributed by atoms with E-state index in [0.29, 0.717) is 0 Å². The van der Waals surface area contributed by atoms with Crippen molar-refractivity contribution in [1.82, 2.24) is 9.88 Å². The van der Waals surface area contributed by atoms with Crippen LogP contribution in [0.4, 0.5) is 0 Å². The Balaban J connectivity index is 2.01. The van der Waals surface area contributed by atoms with E-state index in [2.05, 4.69) is 22.2 Å². The third-order valence-corrected chi connectivity index (χ3v) is 6.62. The summed E-state index contributed by atoms with van der Waals surface area (Å²) >= 11 is 1.71. The number of nitrogens with zero attached hydrogens (tertiary/aromatic N) is 2. The molecule has 0 aromatic carbocycles. The molecule has 0 N–H and O–H groups in total. The van der Waals surface area contributed by atoms with Gasteiger partial charge in [0.05, 0.1) is 16.0 Å². The van der Waals surface area contributed by atoms with Crippen molar-refractivity contribution in [1.29, 1.82) is 0 Å². The largest absolute Gasteiger partial charge is 0.296 e. The van der Waals surface area contributed by atoms with Gasteiger partial charge in [0.15, 0.2) is 9.84 Å². The number of sulfone groups is 1. The lowest BCUT2D eigenvalue weighted by molar-refractivity contribution is 0.236. The summed E-state index contributed by atoms with van der Waals surface area (Å²) in [7, 11) is -0.931. The minimum Gasteiger partial charge on any atom is -0.296 e. The number of rotatable bonds is 6. The predicted molar refractivity (Wildman–Crippen MR) is 83.8 cm³/mol. The lowest BCUT2D eigenvalue weighted by Crippen LogP contribution is -2.40. The quantitative estimate of drug-likeness (QED) is 0.809. The Morgan fingerprint density at radius 3 is 2.85 bits per heavy atom. The first-order chi connectivity index (χ1) is 9.41. The van der Waals surface area contributed by atoms with Crippen LogP contribution in [0.15, 0.2) is 5.38 Å². The Morgan fingerprint density at radius 2 is 2.20 bits per heavy atom. The van der Waals surface area contributed by atoms with Gasteiger partial charge in [0.2, 0.25) is 0 Å². The van der Waals surface area contributed by atoms with E-state index in [4.69, 9.17) is 0 Å². The standard InChI is InChI=1S/C14H24N2O2S2/c1-4-6-14-15-11(10-19-14)9-16(2)12-7-5-8-13(12)20(3,17)18/h10,12-13H,4-9H2,1-3H3/t12-,13-/m1/s1. The van der Waals surface area contributed by atoms with Gasteiger partial charge in [-0.1, -0.05) is 13.3 Å². The molecule has 4 nitrogen and oxygen atoms in total. The first kappa shape index (κ1) is 15.9. The Morgan fingerprint density at radius 1 is 1.45 bits per heavy atom. The molecule has 6 heteroatoms. The Hall–Kier alpha value is -0.460. The van der Waals surface area contributed by atoms with Crippen LogP contribution < -0.4 is 0 Å². The lowest BCUT2D eigenvalue weighted by atomic mass is 10.2. The molecule has 0 bridgehead atoms. The van der Waals surface area contributed by atoms with Crippen LogP contribution >= 0.6 is 11.3 Å². The lowest BCUT2D eigenvalue weighted by Gasteiger charge is -2.28. The molecule has 1 heterocycles. The van der Waals surface area contributed by atoms with Crippen LogP contribution in [0.5, 0.6) is 0 Å². The highest BCUT2D eigenvalue weighted by Crippen LogP contribution is 2.29. The molecule has 0 saturated heterocycles. The predicted octanol–water partition coefficient (Wildman–Crippen LogP) is 2.49. The molecular formula is C14H24N2O2S2. The molecule has 0 unspecified atom stereocenters. The van der Waals surface area contributed by atoms with Gasteiger partial charge in [-0.2, -0.15) is 0 Å². The summed E-state index contributed by atoms with van der Waals surface area (Å²) in [6.07, 6.45) is 6.29. The topological polar surface area (TPSA) is 50.3 Å². The maximum atomic E-state index is 11.8. The molecule has 1 aromatic rings. The fourth-order valence-electron chi connectivity index (χ4n) is 3.03. The molecule has 0 amide bonds. The van der Waals surface area contributed by atoms with Gasteiger partial charge < -0.3 is 0 Å². The number of thiazole rings is 1. The van der Waals surface area contributed by atoms with Crippen LogP contribution in [0.2, 0.25) is 0 Å². The van der Waals surface area contributed by atoms with E-state index in [1.807, 2.05) is 7.05 Å². The smallest absolute Gasteiger partial charge is 0.151 e. The molecular weight excluding hydrogens is 292 g/mol. The number of aromatic nitrogens is 1. The average Bonchev–Trinajstić information content (AvgIpc) is 2.97. The molecule has 2 atom stereocenters. The third-order valence-electron chi connectivity index (χ3n) is 4.01. The van der Waals surface area contributed by atoms with Crippen molar-refractivity contribution in [2.24, 2.45) is 0 Å². The molecule has 0 spiro atoms. The van der Waals surface area contributed by atoms with E-state index in [1.54, 1.807) is 11.3 Å². The van der Waals surface area contributed by atoms with E-state index in [9.17, 15) is 8.42 Å². The number of hydrogen-bond donors (Lipinski definition) is 0. The van der Waals surface area contributed by atoms with Gasteiger partial charge in [-0.15, -0.1) is 11.3 Å². The van der Waals surface area contributed by atoms with Crippen molar-refractivity contribution in [3.8, 4) is 0 Å². The van der Waals surface area contributed by atoms with E-state index >= 15 is 0 Å². The van der Waals surface area contributed by atoms with Gasteiger partial charge in [0.25, 0.3) is 0 Å². The van der Waals surface area contributed by atoms with Gasteiger partial charge in [-0.25, -0.2) is 13.4 Å². The second-order valence-electron chi connectivity index (χ2n) is 5.76. The molecule has 1 aliphatic carbocycles. The van der Waals surface area contributed by atoms with Gasteiger partial charge in [-0.3, -0.25) is 4.90 Å². The summed E-state index contributed by atoms with van der Waals surface area (Å²) in [5, 5.41) is 3.08. The van der Waals surface area contributed by atoms with Crippen molar-refractivity contribution >= 4 is 21.2 Å². The summed E-state index contributed by atoms with van der Waals surface area (Å²) in [6.45, 7) is 2.90. The van der Waals surface area contributed by atoms with E-state index < -0.39 is 9.84 Å². The van der Waals surface area contributed by atoms with Crippen LogP contribution in [0.25, 0.3) is 0 Å². The minimum absolute atomic E-state index is 0.140. The fourth-order valence-corrected chi connectivity index (χ4v) is 5.43. The van der Waals surface area contributed by atoms with Crippen LogP contribution in [-0.4, -0.2) is 42.9 Å². The zero-order valence-corrected chi connectivity index (χ0v) is 14.1. The molecule has 20 heavy (non-hydrogen) atoms. The Labute approximate surface area is 126 Å². The van der Waals surface area contributed by atoms with Crippen molar-refractivity contribution in [2.45, 2.75) is 56.9 Å². The highest BCUT2D eigenvalue weighted by molar-refractivity contribution is 7.91. The van der Waals surface area contributed by atoms with E-state index in [0.717, 1.165) is 44.3 Å². The normalized spacial score (nSPS) is 23.6. The van der Waals surface area contributed by atoms with Gasteiger partial charge in [0.1, 0.15) is 0 Å². The maximum Gasteiger partial charge on any atom is 0.151 e. The highest BCUT2D eigenvalue weighted by Gasteiger charge is 2.37. The average molecular weight is 316 g/mol. The van der Waals surface area contributed by atoms with Gasteiger partial charge in [0, 0.05) is 24.2 Å². The molecule has 1 saturated carbocycles. The Bertz CT molecular complexity index is 539. The molecule has 1 aromatic heterocycles. The molecule has 2 rings (SSSR count). The summed E-state index contributed by atoms with van der Waals surface area (Å²) in [5.41, 5.74) is 1.07. The van der Waals surface area contributed by atoms with Gasteiger partial charge in [-0.05, 0) is 32.7 Å². The summed E-state index contributed by atoms with van der Waals surface area (Å²) in [4.78, 5) is 6.80. The van der Waals surface area contributed by atoms with Crippen LogP contribution in [0, 0.1) is 0 Å². The highest BCUT2D eigenvalue weighted by atomic mass is 32.2. The first-order valence-corrected chi connectivity index (χ1v) is 10.1.